The van der Waals surface area contributed by atoms with Crippen molar-refractivity contribution in [3.8, 4) is 17.1 Å². The minimum atomic E-state index is -0.753. The summed E-state index contributed by atoms with van der Waals surface area (Å²) in [7, 11) is 0. The van der Waals surface area contributed by atoms with Crippen molar-refractivity contribution in [2.45, 2.75) is 46.2 Å². The SMILES string of the molecule is CC(C)(C)Cn1c(O)c(C(=O)NC2CC2)c(=O)n2nc(-c3cnccc3F)cc12. The second kappa shape index (κ2) is 6.68. The Kier molecular flexibility index (Phi) is 4.40. The molecule has 1 aliphatic rings. The van der Waals surface area contributed by atoms with E-state index in [0.717, 1.165) is 17.4 Å². The summed E-state index contributed by atoms with van der Waals surface area (Å²) in [5.74, 6) is -1.59. The number of halogens is 1. The molecule has 3 aromatic heterocycles. The molecule has 2 N–H and O–H groups in total. The first-order chi connectivity index (χ1) is 13.7. The lowest BCUT2D eigenvalue weighted by atomic mass is 9.96. The van der Waals surface area contributed by atoms with Crippen LogP contribution < -0.4 is 10.9 Å². The van der Waals surface area contributed by atoms with Crippen LogP contribution in [0.15, 0.2) is 29.3 Å². The molecule has 0 saturated heterocycles. The van der Waals surface area contributed by atoms with E-state index in [2.05, 4.69) is 15.4 Å². The Labute approximate surface area is 166 Å². The number of hydrogen-bond donors (Lipinski definition) is 2. The molecule has 0 aromatic carbocycles. The monoisotopic (exact) mass is 399 g/mol. The maximum Gasteiger partial charge on any atom is 0.291 e. The number of rotatable bonds is 4. The number of aromatic hydroxyl groups is 1. The quantitative estimate of drug-likeness (QED) is 0.701. The smallest absolute Gasteiger partial charge is 0.291 e. The molecule has 152 valence electrons. The van der Waals surface area contributed by atoms with Crippen LogP contribution in [0.5, 0.6) is 5.88 Å². The molecule has 0 bridgehead atoms. The highest BCUT2D eigenvalue weighted by Gasteiger charge is 2.30. The van der Waals surface area contributed by atoms with Crippen molar-refractivity contribution >= 4 is 11.6 Å². The predicted molar refractivity (Wildman–Crippen MR) is 104 cm³/mol. The summed E-state index contributed by atoms with van der Waals surface area (Å²) in [4.78, 5) is 29.5. The van der Waals surface area contributed by atoms with E-state index in [-0.39, 0.29) is 33.9 Å². The summed E-state index contributed by atoms with van der Waals surface area (Å²) in [6.45, 7) is 6.20. The Bertz CT molecular complexity index is 1170. The zero-order valence-corrected chi connectivity index (χ0v) is 16.4. The topological polar surface area (TPSA) is 102 Å². The number of nitrogens with one attached hydrogen (secondary N) is 1. The van der Waals surface area contributed by atoms with Gasteiger partial charge in [-0.15, -0.1) is 0 Å². The van der Waals surface area contributed by atoms with Crippen molar-refractivity contribution in [3.63, 3.8) is 0 Å². The first-order valence-electron chi connectivity index (χ1n) is 9.42. The lowest BCUT2D eigenvalue weighted by Crippen LogP contribution is -2.35. The highest BCUT2D eigenvalue weighted by Crippen LogP contribution is 2.28. The molecule has 9 heteroatoms. The van der Waals surface area contributed by atoms with Gasteiger partial charge in [0.15, 0.2) is 5.56 Å². The van der Waals surface area contributed by atoms with Crippen molar-refractivity contribution in [1.29, 1.82) is 0 Å². The Morgan fingerprint density at radius 1 is 1.38 bits per heavy atom. The Morgan fingerprint density at radius 3 is 2.72 bits per heavy atom. The van der Waals surface area contributed by atoms with Crippen LogP contribution in [0.1, 0.15) is 44.0 Å². The van der Waals surface area contributed by atoms with Crippen molar-refractivity contribution in [3.05, 3.63) is 46.3 Å². The predicted octanol–water partition coefficient (Wildman–Crippen LogP) is 2.34. The lowest BCUT2D eigenvalue weighted by Gasteiger charge is -2.23. The van der Waals surface area contributed by atoms with Crippen molar-refractivity contribution in [2.24, 2.45) is 5.41 Å². The summed E-state index contributed by atoms with van der Waals surface area (Å²) in [5.41, 5.74) is -0.813. The number of hydrogen-bond acceptors (Lipinski definition) is 5. The van der Waals surface area contributed by atoms with E-state index >= 15 is 0 Å². The van der Waals surface area contributed by atoms with Gasteiger partial charge in [0.2, 0.25) is 5.88 Å². The van der Waals surface area contributed by atoms with Crippen LogP contribution >= 0.6 is 0 Å². The third-order valence-corrected chi connectivity index (χ3v) is 4.67. The highest BCUT2D eigenvalue weighted by atomic mass is 19.1. The van der Waals surface area contributed by atoms with Gasteiger partial charge in [-0.25, -0.2) is 4.39 Å². The van der Waals surface area contributed by atoms with Crippen LogP contribution in [0.3, 0.4) is 0 Å². The van der Waals surface area contributed by atoms with Gasteiger partial charge >= 0.3 is 0 Å². The van der Waals surface area contributed by atoms with Crippen LogP contribution in [0.2, 0.25) is 0 Å². The summed E-state index contributed by atoms with van der Waals surface area (Å²) in [6, 6.07) is 2.73. The number of carbonyl (C=O) groups is 1. The van der Waals surface area contributed by atoms with Crippen molar-refractivity contribution in [2.75, 3.05) is 0 Å². The maximum absolute atomic E-state index is 14.2. The van der Waals surface area contributed by atoms with E-state index < -0.39 is 23.2 Å². The highest BCUT2D eigenvalue weighted by molar-refractivity contribution is 5.96. The van der Waals surface area contributed by atoms with Gasteiger partial charge in [0.25, 0.3) is 11.5 Å². The van der Waals surface area contributed by atoms with Crippen LogP contribution in [0, 0.1) is 11.2 Å². The maximum atomic E-state index is 14.2. The molecule has 0 atom stereocenters. The normalized spacial score (nSPS) is 14.3. The van der Waals surface area contributed by atoms with Gasteiger partial charge in [-0.05, 0) is 24.3 Å². The number of amides is 1. The number of nitrogens with zero attached hydrogens (tertiary/aromatic N) is 4. The Morgan fingerprint density at radius 2 is 2.10 bits per heavy atom. The van der Waals surface area contributed by atoms with Gasteiger partial charge in [-0.1, -0.05) is 20.8 Å². The summed E-state index contributed by atoms with van der Waals surface area (Å²) in [5, 5.41) is 17.8. The van der Waals surface area contributed by atoms with Crippen molar-refractivity contribution in [1.82, 2.24) is 24.5 Å². The molecule has 0 aliphatic heterocycles. The molecule has 0 spiro atoms. The van der Waals surface area contributed by atoms with E-state index in [1.807, 2.05) is 20.8 Å². The van der Waals surface area contributed by atoms with Gasteiger partial charge in [-0.2, -0.15) is 9.61 Å². The van der Waals surface area contributed by atoms with Crippen molar-refractivity contribution < 1.29 is 14.3 Å². The molecule has 0 radical (unpaired) electrons. The first-order valence-corrected chi connectivity index (χ1v) is 9.42. The Hall–Kier alpha value is -3.23. The van der Waals surface area contributed by atoms with Gasteiger partial charge in [0, 0.05) is 31.0 Å². The van der Waals surface area contributed by atoms with E-state index in [4.69, 9.17) is 0 Å². The standard InChI is InChI=1S/C20H22FN5O3/c1-20(2,3)10-25-15-8-14(12-9-22-7-6-13(12)21)24-26(15)19(29)16(18(25)28)17(27)23-11-4-5-11/h6-9,11,28H,4-5,10H2,1-3H3,(H,23,27). The fourth-order valence-electron chi connectivity index (χ4n) is 3.17. The van der Waals surface area contributed by atoms with E-state index in [0.29, 0.717) is 6.54 Å². The average Bonchev–Trinajstić information content (AvgIpc) is 3.33. The molecule has 3 aromatic rings. The second-order valence-electron chi connectivity index (χ2n) is 8.55. The van der Waals surface area contributed by atoms with Crippen LogP contribution in [0.25, 0.3) is 16.9 Å². The molecular formula is C20H22FN5O3. The molecule has 3 heterocycles. The van der Waals surface area contributed by atoms with Crippen LogP contribution in [0.4, 0.5) is 4.39 Å². The van der Waals surface area contributed by atoms with E-state index in [1.165, 1.54) is 29.1 Å². The number of carbonyl (C=O) groups excluding carboxylic acids is 1. The number of fused-ring (bicyclic) bond motifs is 1. The fourth-order valence-corrected chi connectivity index (χ4v) is 3.17. The molecule has 4 rings (SSSR count). The molecular weight excluding hydrogens is 377 g/mol. The zero-order valence-electron chi connectivity index (χ0n) is 16.4. The van der Waals surface area contributed by atoms with E-state index in [1.54, 1.807) is 0 Å². The second-order valence-corrected chi connectivity index (χ2v) is 8.55. The van der Waals surface area contributed by atoms with Crippen LogP contribution in [-0.4, -0.2) is 36.2 Å². The third kappa shape index (κ3) is 3.59. The summed E-state index contributed by atoms with van der Waals surface area (Å²) in [6.07, 6.45) is 4.32. The van der Waals surface area contributed by atoms with Gasteiger partial charge in [0.1, 0.15) is 11.5 Å². The van der Waals surface area contributed by atoms with Gasteiger partial charge in [0.05, 0.1) is 11.3 Å². The number of pyridine rings is 1. The number of aromatic nitrogens is 4. The molecule has 8 nitrogen and oxygen atoms in total. The zero-order chi connectivity index (χ0) is 20.9. The molecule has 29 heavy (non-hydrogen) atoms. The van der Waals surface area contributed by atoms with Gasteiger partial charge in [-0.3, -0.25) is 19.1 Å². The average molecular weight is 399 g/mol. The summed E-state index contributed by atoms with van der Waals surface area (Å²) >= 11 is 0. The van der Waals surface area contributed by atoms with Crippen LogP contribution in [-0.2, 0) is 6.54 Å². The van der Waals surface area contributed by atoms with E-state index in [9.17, 15) is 19.1 Å². The minimum absolute atomic E-state index is 0.0192. The Balaban J connectivity index is 1.96. The lowest BCUT2D eigenvalue weighted by molar-refractivity contribution is 0.0944. The van der Waals surface area contributed by atoms with Gasteiger partial charge < -0.3 is 10.4 Å². The first kappa shape index (κ1) is 19.1. The molecule has 1 aliphatic carbocycles. The molecule has 1 saturated carbocycles. The molecule has 1 fully saturated rings. The fraction of sp³-hybridized carbons (Fsp3) is 0.400. The minimum Gasteiger partial charge on any atom is -0.494 e. The largest absolute Gasteiger partial charge is 0.494 e. The third-order valence-electron chi connectivity index (χ3n) is 4.67. The summed E-state index contributed by atoms with van der Waals surface area (Å²) < 4.78 is 16.7. The molecule has 0 unspecified atom stereocenters. The molecule has 1 amide bonds.